The van der Waals surface area contributed by atoms with Crippen LogP contribution in [0.25, 0.3) is 0 Å². The molecule has 0 unspecified atom stereocenters. The van der Waals surface area contributed by atoms with Crippen LogP contribution in [0.2, 0.25) is 10.0 Å². The molecule has 0 spiro atoms. The molecule has 0 aliphatic heterocycles. The summed E-state index contributed by atoms with van der Waals surface area (Å²) in [5.74, 6) is -0.0121. The summed E-state index contributed by atoms with van der Waals surface area (Å²) in [6.45, 7) is 4.85. The Morgan fingerprint density at radius 1 is 0.840 bits per heavy atom. The largest absolute Gasteiger partial charge is 0.350 e. The first-order valence-corrected chi connectivity index (χ1v) is 8.75. The zero-order chi connectivity index (χ0) is 18.4. The van der Waals surface area contributed by atoms with E-state index in [4.69, 9.17) is 23.2 Å². The normalized spacial score (nSPS) is 10.6. The molecule has 6 heteroatoms. The van der Waals surface area contributed by atoms with Crippen molar-refractivity contribution in [3.8, 4) is 0 Å². The lowest BCUT2D eigenvalue weighted by Gasteiger charge is -2.09. The second-order valence-electron chi connectivity index (χ2n) is 5.92. The summed E-state index contributed by atoms with van der Waals surface area (Å²) in [5, 5.41) is 6.22. The van der Waals surface area contributed by atoms with Crippen molar-refractivity contribution in [2.24, 2.45) is 0 Å². The Balaban J connectivity index is 1.79. The highest BCUT2D eigenvalue weighted by atomic mass is 35.5. The molecule has 0 aromatic heterocycles. The molecule has 0 heterocycles. The molecular weight excluding hydrogens is 359 g/mol. The van der Waals surface area contributed by atoms with Gasteiger partial charge in [0, 0.05) is 24.2 Å². The molecule has 2 aromatic carbocycles. The van der Waals surface area contributed by atoms with Crippen LogP contribution in [-0.4, -0.2) is 24.9 Å². The van der Waals surface area contributed by atoms with E-state index in [1.165, 1.54) is 11.6 Å². The van der Waals surface area contributed by atoms with Gasteiger partial charge < -0.3 is 10.6 Å². The van der Waals surface area contributed by atoms with Crippen LogP contribution in [0, 0.1) is 0 Å². The molecule has 0 atom stereocenters. The average molecular weight is 379 g/mol. The second-order valence-corrected chi connectivity index (χ2v) is 6.73. The monoisotopic (exact) mass is 378 g/mol. The maximum absolute atomic E-state index is 12.1. The number of rotatable bonds is 6. The van der Waals surface area contributed by atoms with Crippen molar-refractivity contribution in [3.05, 3.63) is 69.2 Å². The van der Waals surface area contributed by atoms with E-state index in [2.05, 4.69) is 24.5 Å². The topological polar surface area (TPSA) is 58.2 Å². The summed E-state index contributed by atoms with van der Waals surface area (Å²) in [4.78, 5) is 24.1. The van der Waals surface area contributed by atoms with E-state index in [-0.39, 0.29) is 11.8 Å². The lowest BCUT2D eigenvalue weighted by molar-refractivity contribution is 0.0927. The second kappa shape index (κ2) is 8.88. The number of amides is 2. The van der Waals surface area contributed by atoms with E-state index in [1.54, 1.807) is 24.3 Å². The fourth-order valence-corrected chi connectivity index (χ4v) is 2.51. The van der Waals surface area contributed by atoms with Crippen LogP contribution in [0.4, 0.5) is 0 Å². The minimum Gasteiger partial charge on any atom is -0.350 e. The van der Waals surface area contributed by atoms with Crippen molar-refractivity contribution in [1.82, 2.24) is 10.6 Å². The van der Waals surface area contributed by atoms with Gasteiger partial charge in [-0.2, -0.15) is 0 Å². The summed E-state index contributed by atoms with van der Waals surface area (Å²) >= 11 is 11.7. The highest BCUT2D eigenvalue weighted by Crippen LogP contribution is 2.22. The van der Waals surface area contributed by atoms with E-state index in [0.717, 1.165) is 0 Å². The first-order chi connectivity index (χ1) is 11.9. The number of carbonyl (C=O) groups excluding carboxylic acids is 2. The minimum absolute atomic E-state index is 0.168. The van der Waals surface area contributed by atoms with Gasteiger partial charge in [0.2, 0.25) is 0 Å². The predicted octanol–water partition coefficient (Wildman–Crippen LogP) is 4.28. The number of carbonyl (C=O) groups is 2. The van der Waals surface area contributed by atoms with Crippen molar-refractivity contribution < 1.29 is 9.59 Å². The van der Waals surface area contributed by atoms with E-state index in [1.807, 2.05) is 12.1 Å². The molecule has 0 fully saturated rings. The van der Waals surface area contributed by atoms with E-state index in [0.29, 0.717) is 40.2 Å². The third-order valence-electron chi connectivity index (χ3n) is 3.72. The Labute approximate surface area is 157 Å². The molecule has 4 nitrogen and oxygen atoms in total. The zero-order valence-corrected chi connectivity index (χ0v) is 15.6. The lowest BCUT2D eigenvalue weighted by atomic mass is 10.0. The molecule has 0 aliphatic rings. The summed E-state index contributed by atoms with van der Waals surface area (Å²) < 4.78 is 0. The quantitative estimate of drug-likeness (QED) is 0.737. The fraction of sp³-hybridized carbons (Fsp3) is 0.263. The SMILES string of the molecule is CC(C)c1ccc(C(=O)NCCNC(=O)c2ccc(Cl)c(Cl)c2)cc1. The molecule has 0 saturated heterocycles. The first-order valence-electron chi connectivity index (χ1n) is 8.00. The lowest BCUT2D eigenvalue weighted by Crippen LogP contribution is -2.34. The van der Waals surface area contributed by atoms with Crippen molar-refractivity contribution in [2.45, 2.75) is 19.8 Å². The third-order valence-corrected chi connectivity index (χ3v) is 4.46. The van der Waals surface area contributed by atoms with Gasteiger partial charge in [-0.05, 0) is 41.8 Å². The zero-order valence-electron chi connectivity index (χ0n) is 14.1. The van der Waals surface area contributed by atoms with Crippen LogP contribution in [0.3, 0.4) is 0 Å². The van der Waals surface area contributed by atoms with E-state index in [9.17, 15) is 9.59 Å². The molecule has 0 radical (unpaired) electrons. The highest BCUT2D eigenvalue weighted by molar-refractivity contribution is 6.42. The maximum Gasteiger partial charge on any atom is 0.251 e. The maximum atomic E-state index is 12.1. The van der Waals surface area contributed by atoms with Gasteiger partial charge in [0.25, 0.3) is 11.8 Å². The van der Waals surface area contributed by atoms with Gasteiger partial charge in [0.1, 0.15) is 0 Å². The van der Waals surface area contributed by atoms with Gasteiger partial charge in [0.15, 0.2) is 0 Å². The Morgan fingerprint density at radius 3 is 1.88 bits per heavy atom. The Kier molecular flexibility index (Phi) is 6.85. The predicted molar refractivity (Wildman–Crippen MR) is 102 cm³/mol. The van der Waals surface area contributed by atoms with Gasteiger partial charge in [0.05, 0.1) is 10.0 Å². The van der Waals surface area contributed by atoms with Gasteiger partial charge >= 0.3 is 0 Å². The molecule has 2 aromatic rings. The van der Waals surface area contributed by atoms with Crippen molar-refractivity contribution in [1.29, 1.82) is 0 Å². The Morgan fingerprint density at radius 2 is 1.36 bits per heavy atom. The Bertz CT molecular complexity index is 759. The van der Waals surface area contributed by atoms with E-state index < -0.39 is 0 Å². The first kappa shape index (κ1) is 19.3. The molecule has 0 bridgehead atoms. The molecule has 25 heavy (non-hydrogen) atoms. The fourth-order valence-electron chi connectivity index (χ4n) is 2.21. The standard InChI is InChI=1S/C19H20Cl2N2O2/c1-12(2)13-3-5-14(6-4-13)18(24)22-9-10-23-19(25)15-7-8-16(20)17(21)11-15/h3-8,11-12H,9-10H2,1-2H3,(H,22,24)(H,23,25). The Hall–Kier alpha value is -2.04. The van der Waals surface area contributed by atoms with Crippen LogP contribution in [-0.2, 0) is 0 Å². The van der Waals surface area contributed by atoms with Gasteiger partial charge in [-0.1, -0.05) is 49.2 Å². The number of hydrogen-bond acceptors (Lipinski definition) is 2. The van der Waals surface area contributed by atoms with Crippen LogP contribution in [0.1, 0.15) is 46.0 Å². The third kappa shape index (κ3) is 5.48. The molecule has 0 aliphatic carbocycles. The van der Waals surface area contributed by atoms with Crippen molar-refractivity contribution in [2.75, 3.05) is 13.1 Å². The molecular formula is C19H20Cl2N2O2. The van der Waals surface area contributed by atoms with Crippen LogP contribution >= 0.6 is 23.2 Å². The minimum atomic E-state index is -0.269. The van der Waals surface area contributed by atoms with E-state index >= 15 is 0 Å². The van der Waals surface area contributed by atoms with Crippen molar-refractivity contribution >= 4 is 35.0 Å². The van der Waals surface area contributed by atoms with Crippen LogP contribution < -0.4 is 10.6 Å². The van der Waals surface area contributed by atoms with Crippen molar-refractivity contribution in [3.63, 3.8) is 0 Å². The summed E-state index contributed by atoms with van der Waals surface area (Å²) in [7, 11) is 0. The van der Waals surface area contributed by atoms with Crippen LogP contribution in [0.15, 0.2) is 42.5 Å². The number of benzene rings is 2. The summed E-state index contributed by atoms with van der Waals surface area (Å²) in [5.41, 5.74) is 2.20. The summed E-state index contributed by atoms with van der Waals surface area (Å²) in [6, 6.07) is 12.2. The summed E-state index contributed by atoms with van der Waals surface area (Å²) in [6.07, 6.45) is 0. The number of halogens is 2. The van der Waals surface area contributed by atoms with Gasteiger partial charge in [-0.3, -0.25) is 9.59 Å². The molecule has 0 saturated carbocycles. The number of nitrogens with one attached hydrogen (secondary N) is 2. The van der Waals surface area contributed by atoms with Gasteiger partial charge in [-0.25, -0.2) is 0 Å². The smallest absolute Gasteiger partial charge is 0.251 e. The highest BCUT2D eigenvalue weighted by Gasteiger charge is 2.09. The molecule has 2 amide bonds. The molecule has 132 valence electrons. The van der Waals surface area contributed by atoms with Gasteiger partial charge in [-0.15, -0.1) is 0 Å². The van der Waals surface area contributed by atoms with Crippen LogP contribution in [0.5, 0.6) is 0 Å². The number of hydrogen-bond donors (Lipinski definition) is 2. The average Bonchev–Trinajstić information content (AvgIpc) is 2.60. The molecule has 2 N–H and O–H groups in total. The molecule has 2 rings (SSSR count).